The van der Waals surface area contributed by atoms with Crippen molar-refractivity contribution in [3.8, 4) is 5.75 Å². The van der Waals surface area contributed by atoms with Crippen LogP contribution in [0.4, 0.5) is 10.5 Å². The van der Waals surface area contributed by atoms with Gasteiger partial charge in [0, 0.05) is 25.7 Å². The lowest BCUT2D eigenvalue weighted by Crippen LogP contribution is -2.31. The third-order valence-corrected chi connectivity index (χ3v) is 3.46. The van der Waals surface area contributed by atoms with Gasteiger partial charge >= 0.3 is 12.1 Å². The number of amides is 1. The Kier molecular flexibility index (Phi) is 6.67. The molecule has 8 nitrogen and oxygen atoms in total. The zero-order chi connectivity index (χ0) is 18.9. The van der Waals surface area contributed by atoms with E-state index >= 15 is 0 Å². The average molecular weight is 358 g/mol. The van der Waals surface area contributed by atoms with Crippen molar-refractivity contribution in [2.24, 2.45) is 0 Å². The Balaban J connectivity index is 1.74. The molecule has 0 aromatic heterocycles. The highest BCUT2D eigenvalue weighted by molar-refractivity contribution is 5.73. The Labute approximate surface area is 150 Å². The van der Waals surface area contributed by atoms with Gasteiger partial charge in [0.05, 0.1) is 11.3 Å². The van der Waals surface area contributed by atoms with Crippen LogP contribution in [0.1, 0.15) is 12.0 Å². The molecule has 0 atom stereocenters. The summed E-state index contributed by atoms with van der Waals surface area (Å²) in [6.07, 6.45) is -0.645. The number of nitro benzene ring substituents is 1. The summed E-state index contributed by atoms with van der Waals surface area (Å²) in [5.41, 5.74) is 0.783. The number of esters is 1. The second kappa shape index (κ2) is 9.16. The Morgan fingerprint density at radius 2 is 1.73 bits per heavy atom. The lowest BCUT2D eigenvalue weighted by molar-refractivity contribution is -0.384. The summed E-state index contributed by atoms with van der Waals surface area (Å²) in [6.45, 7) is 0.302. The zero-order valence-electron chi connectivity index (χ0n) is 14.2. The number of hydrogen-bond acceptors (Lipinski definition) is 6. The van der Waals surface area contributed by atoms with Crippen LogP contribution in [0.25, 0.3) is 0 Å². The van der Waals surface area contributed by atoms with Crippen molar-refractivity contribution in [3.63, 3.8) is 0 Å². The van der Waals surface area contributed by atoms with Crippen molar-refractivity contribution in [2.75, 3.05) is 13.6 Å². The van der Waals surface area contributed by atoms with E-state index in [4.69, 9.17) is 9.47 Å². The van der Waals surface area contributed by atoms with Crippen molar-refractivity contribution in [2.45, 2.75) is 13.0 Å². The van der Waals surface area contributed by atoms with Crippen molar-refractivity contribution < 1.29 is 24.0 Å². The molecule has 2 aromatic carbocycles. The van der Waals surface area contributed by atoms with Gasteiger partial charge < -0.3 is 14.4 Å². The van der Waals surface area contributed by atoms with Crippen LogP contribution in [0.2, 0.25) is 0 Å². The molecule has 0 radical (unpaired) electrons. The minimum Gasteiger partial charge on any atom is -0.461 e. The van der Waals surface area contributed by atoms with Gasteiger partial charge in [-0.15, -0.1) is 0 Å². The van der Waals surface area contributed by atoms with Gasteiger partial charge in [0.2, 0.25) is 0 Å². The third-order valence-electron chi connectivity index (χ3n) is 3.46. The molecular formula is C18H18N2O6. The second-order valence-electron chi connectivity index (χ2n) is 5.44. The first kappa shape index (κ1) is 18.9. The molecule has 2 aromatic rings. The Bertz CT molecular complexity index is 761. The molecule has 0 spiro atoms. The quantitative estimate of drug-likeness (QED) is 0.428. The number of non-ortho nitro benzene ring substituents is 1. The maximum Gasteiger partial charge on any atom is 0.414 e. The van der Waals surface area contributed by atoms with E-state index in [0.29, 0.717) is 0 Å². The first-order valence-electron chi connectivity index (χ1n) is 7.82. The SMILES string of the molecule is CN(CCC(=O)OCc1ccccc1)C(=O)Oc1ccc([N+](=O)[O-])cc1. The van der Waals surface area contributed by atoms with Gasteiger partial charge in [0.1, 0.15) is 12.4 Å². The lowest BCUT2D eigenvalue weighted by Gasteiger charge is -2.16. The molecule has 0 aliphatic carbocycles. The fraction of sp³-hybridized carbons (Fsp3) is 0.222. The van der Waals surface area contributed by atoms with Crippen molar-refractivity contribution in [1.82, 2.24) is 4.90 Å². The molecule has 0 bridgehead atoms. The molecule has 0 unspecified atom stereocenters. The van der Waals surface area contributed by atoms with Crippen molar-refractivity contribution in [3.05, 3.63) is 70.3 Å². The monoisotopic (exact) mass is 358 g/mol. The van der Waals surface area contributed by atoms with E-state index in [1.54, 1.807) is 0 Å². The number of carbonyl (C=O) groups excluding carboxylic acids is 2. The Morgan fingerprint density at radius 1 is 1.08 bits per heavy atom. The van der Waals surface area contributed by atoms with E-state index in [1.165, 1.54) is 36.2 Å². The summed E-state index contributed by atoms with van der Waals surface area (Å²) in [6, 6.07) is 14.4. The van der Waals surface area contributed by atoms with Gasteiger partial charge in [-0.1, -0.05) is 30.3 Å². The Morgan fingerprint density at radius 3 is 2.35 bits per heavy atom. The fourth-order valence-electron chi connectivity index (χ4n) is 1.98. The van der Waals surface area contributed by atoms with E-state index in [-0.39, 0.29) is 31.0 Å². The minimum absolute atomic E-state index is 0.0265. The van der Waals surface area contributed by atoms with Crippen LogP contribution in [-0.2, 0) is 16.1 Å². The molecule has 0 aliphatic rings. The van der Waals surface area contributed by atoms with Crippen LogP contribution < -0.4 is 4.74 Å². The van der Waals surface area contributed by atoms with Crippen molar-refractivity contribution in [1.29, 1.82) is 0 Å². The van der Waals surface area contributed by atoms with Gasteiger partial charge in [-0.25, -0.2) is 4.79 Å². The van der Waals surface area contributed by atoms with E-state index in [1.807, 2.05) is 30.3 Å². The molecule has 1 amide bonds. The van der Waals surface area contributed by atoms with E-state index in [2.05, 4.69) is 0 Å². The van der Waals surface area contributed by atoms with Gasteiger partial charge in [-0.05, 0) is 17.7 Å². The maximum atomic E-state index is 11.9. The summed E-state index contributed by atoms with van der Waals surface area (Å²) in [4.78, 5) is 34.9. The van der Waals surface area contributed by atoms with Crippen LogP contribution in [0, 0.1) is 10.1 Å². The third kappa shape index (κ3) is 5.90. The number of carbonyl (C=O) groups is 2. The molecule has 136 valence electrons. The number of hydrogen-bond donors (Lipinski definition) is 0. The molecule has 0 saturated heterocycles. The molecule has 0 N–H and O–H groups in total. The van der Waals surface area contributed by atoms with Crippen LogP contribution in [0.5, 0.6) is 5.75 Å². The maximum absolute atomic E-state index is 11.9. The standard InChI is InChI=1S/C18H18N2O6/c1-19(12-11-17(21)25-13-14-5-3-2-4-6-14)18(22)26-16-9-7-15(8-10-16)20(23)24/h2-10H,11-13H2,1H3. The predicted molar refractivity (Wildman–Crippen MR) is 92.6 cm³/mol. The van der Waals surface area contributed by atoms with Crippen LogP contribution >= 0.6 is 0 Å². The normalized spacial score (nSPS) is 10.0. The van der Waals surface area contributed by atoms with Gasteiger partial charge in [-0.2, -0.15) is 0 Å². The average Bonchev–Trinajstić information content (AvgIpc) is 2.65. The largest absolute Gasteiger partial charge is 0.461 e. The molecule has 26 heavy (non-hydrogen) atoms. The van der Waals surface area contributed by atoms with E-state index in [9.17, 15) is 19.7 Å². The molecule has 0 fully saturated rings. The van der Waals surface area contributed by atoms with Crippen LogP contribution in [-0.4, -0.2) is 35.5 Å². The fourth-order valence-corrected chi connectivity index (χ4v) is 1.98. The summed E-state index contributed by atoms with van der Waals surface area (Å²) in [7, 11) is 1.48. The van der Waals surface area contributed by atoms with Crippen LogP contribution in [0.3, 0.4) is 0 Å². The summed E-state index contributed by atoms with van der Waals surface area (Å²) < 4.78 is 10.2. The summed E-state index contributed by atoms with van der Waals surface area (Å²) in [5.74, 6) is -0.247. The summed E-state index contributed by atoms with van der Waals surface area (Å²) >= 11 is 0. The molecule has 8 heteroatoms. The molecular weight excluding hydrogens is 340 g/mol. The minimum atomic E-state index is -0.672. The molecule has 0 aliphatic heterocycles. The van der Waals surface area contributed by atoms with E-state index in [0.717, 1.165) is 5.56 Å². The second-order valence-corrected chi connectivity index (χ2v) is 5.44. The number of nitrogens with zero attached hydrogens (tertiary/aromatic N) is 2. The highest BCUT2D eigenvalue weighted by Gasteiger charge is 2.14. The number of benzene rings is 2. The lowest BCUT2D eigenvalue weighted by atomic mass is 10.2. The number of ether oxygens (including phenoxy) is 2. The first-order valence-corrected chi connectivity index (χ1v) is 7.82. The number of nitro groups is 1. The molecule has 0 saturated carbocycles. The molecule has 0 heterocycles. The smallest absolute Gasteiger partial charge is 0.414 e. The number of rotatable bonds is 7. The topological polar surface area (TPSA) is 99.0 Å². The van der Waals surface area contributed by atoms with Gasteiger partial charge in [-0.3, -0.25) is 14.9 Å². The zero-order valence-corrected chi connectivity index (χ0v) is 14.2. The first-order chi connectivity index (χ1) is 12.5. The van der Waals surface area contributed by atoms with Crippen LogP contribution in [0.15, 0.2) is 54.6 Å². The molecule has 2 rings (SSSR count). The Hall–Kier alpha value is -3.42. The van der Waals surface area contributed by atoms with Gasteiger partial charge in [0.25, 0.3) is 5.69 Å². The highest BCUT2D eigenvalue weighted by atomic mass is 16.6. The van der Waals surface area contributed by atoms with Gasteiger partial charge in [0.15, 0.2) is 0 Å². The predicted octanol–water partition coefficient (Wildman–Crippen LogP) is 3.16. The summed E-state index contributed by atoms with van der Waals surface area (Å²) in [5, 5.41) is 10.6. The highest BCUT2D eigenvalue weighted by Crippen LogP contribution is 2.17. The van der Waals surface area contributed by atoms with E-state index < -0.39 is 17.0 Å². The van der Waals surface area contributed by atoms with Crippen molar-refractivity contribution >= 4 is 17.7 Å².